The van der Waals surface area contributed by atoms with Gasteiger partial charge in [0.05, 0.1) is 18.7 Å². The molecule has 1 unspecified atom stereocenters. The molecule has 1 saturated heterocycles. The van der Waals surface area contributed by atoms with Gasteiger partial charge in [0.25, 0.3) is 10.2 Å². The summed E-state index contributed by atoms with van der Waals surface area (Å²) < 4.78 is 32.4. The predicted octanol–water partition coefficient (Wildman–Crippen LogP) is -1.00. The van der Waals surface area contributed by atoms with Crippen molar-refractivity contribution in [3.63, 3.8) is 0 Å². The van der Waals surface area contributed by atoms with E-state index in [4.69, 9.17) is 10.00 Å². The number of ether oxygens (including phenoxy) is 1. The van der Waals surface area contributed by atoms with Gasteiger partial charge in [-0.3, -0.25) is 4.90 Å². The average Bonchev–Trinajstić information content (AvgIpc) is 2.38. The molecule has 18 heavy (non-hydrogen) atoms. The maximum Gasteiger partial charge on any atom is 0.279 e. The van der Waals surface area contributed by atoms with Crippen molar-refractivity contribution in [2.24, 2.45) is 0 Å². The summed E-state index contributed by atoms with van der Waals surface area (Å²) in [4.78, 5) is 1.97. The molecule has 0 amide bonds. The van der Waals surface area contributed by atoms with Crippen molar-refractivity contribution in [1.29, 1.82) is 5.26 Å². The standard InChI is InChI=1S/C10H20N4O3S/c1-10(9-11)13-4-6-14(7-5-13)18(15,16)12-3-8-17-2/h10,12H,3-8H2,1-2H3. The summed E-state index contributed by atoms with van der Waals surface area (Å²) in [6.07, 6.45) is 0. The lowest BCUT2D eigenvalue weighted by Gasteiger charge is -2.35. The van der Waals surface area contributed by atoms with Gasteiger partial charge >= 0.3 is 0 Å². The van der Waals surface area contributed by atoms with Crippen LogP contribution >= 0.6 is 0 Å². The van der Waals surface area contributed by atoms with Crippen molar-refractivity contribution in [1.82, 2.24) is 13.9 Å². The fraction of sp³-hybridized carbons (Fsp3) is 0.900. The van der Waals surface area contributed by atoms with Gasteiger partial charge < -0.3 is 4.74 Å². The van der Waals surface area contributed by atoms with Crippen LogP contribution in [0, 0.1) is 11.3 Å². The zero-order valence-corrected chi connectivity index (χ0v) is 11.6. The first-order chi connectivity index (χ1) is 8.51. The van der Waals surface area contributed by atoms with Gasteiger partial charge in [-0.15, -0.1) is 0 Å². The van der Waals surface area contributed by atoms with E-state index in [2.05, 4.69) is 10.8 Å². The van der Waals surface area contributed by atoms with E-state index in [9.17, 15) is 8.42 Å². The maximum absolute atomic E-state index is 11.9. The second kappa shape index (κ2) is 7.01. The van der Waals surface area contributed by atoms with Crippen LogP contribution in [0.2, 0.25) is 0 Å². The van der Waals surface area contributed by atoms with Gasteiger partial charge in [-0.25, -0.2) is 0 Å². The van der Waals surface area contributed by atoms with Crippen molar-refractivity contribution in [2.75, 3.05) is 46.4 Å². The summed E-state index contributed by atoms with van der Waals surface area (Å²) in [7, 11) is -1.89. The van der Waals surface area contributed by atoms with E-state index in [1.807, 2.05) is 11.8 Å². The van der Waals surface area contributed by atoms with Crippen LogP contribution in [0.3, 0.4) is 0 Å². The summed E-state index contributed by atoms with van der Waals surface area (Å²) >= 11 is 0. The quantitative estimate of drug-likeness (QED) is 0.629. The van der Waals surface area contributed by atoms with E-state index in [0.29, 0.717) is 32.8 Å². The van der Waals surface area contributed by atoms with Gasteiger partial charge in [0, 0.05) is 39.8 Å². The van der Waals surface area contributed by atoms with Crippen LogP contribution in [-0.4, -0.2) is 70.1 Å². The second-order valence-corrected chi connectivity index (χ2v) is 5.89. The zero-order chi connectivity index (χ0) is 13.6. The minimum absolute atomic E-state index is 0.170. The lowest BCUT2D eigenvalue weighted by Crippen LogP contribution is -2.53. The summed E-state index contributed by atoms with van der Waals surface area (Å²) in [5.74, 6) is 0. The minimum Gasteiger partial charge on any atom is -0.383 e. The van der Waals surface area contributed by atoms with Crippen molar-refractivity contribution in [2.45, 2.75) is 13.0 Å². The molecule has 0 radical (unpaired) electrons. The third-order valence-corrected chi connectivity index (χ3v) is 4.55. The Morgan fingerprint density at radius 1 is 1.39 bits per heavy atom. The third-order valence-electron chi connectivity index (χ3n) is 2.94. The Balaban J connectivity index is 2.44. The van der Waals surface area contributed by atoms with Crippen LogP contribution in [0.1, 0.15) is 6.92 Å². The number of hydrogen-bond acceptors (Lipinski definition) is 5. The fourth-order valence-electron chi connectivity index (χ4n) is 1.78. The Labute approximate surface area is 108 Å². The maximum atomic E-state index is 11.9. The Bertz CT molecular complexity index is 384. The first-order valence-corrected chi connectivity index (χ1v) is 7.32. The number of piperazine rings is 1. The van der Waals surface area contributed by atoms with Gasteiger partial charge in [0.2, 0.25) is 0 Å². The van der Waals surface area contributed by atoms with Gasteiger partial charge in [-0.1, -0.05) is 0 Å². The molecule has 0 spiro atoms. The summed E-state index contributed by atoms with van der Waals surface area (Å²) in [6.45, 7) is 4.43. The first kappa shape index (κ1) is 15.3. The van der Waals surface area contributed by atoms with E-state index in [1.54, 1.807) is 0 Å². The molecule has 0 aromatic carbocycles. The van der Waals surface area contributed by atoms with Crippen LogP contribution in [-0.2, 0) is 14.9 Å². The predicted molar refractivity (Wildman–Crippen MR) is 67.0 cm³/mol. The molecule has 1 rings (SSSR count). The van der Waals surface area contributed by atoms with Crippen LogP contribution < -0.4 is 4.72 Å². The molecule has 1 N–H and O–H groups in total. The van der Waals surface area contributed by atoms with Crippen molar-refractivity contribution < 1.29 is 13.2 Å². The summed E-state index contributed by atoms with van der Waals surface area (Å²) in [5.41, 5.74) is 0. The Kier molecular flexibility index (Phi) is 5.98. The number of hydrogen-bond donors (Lipinski definition) is 1. The van der Waals surface area contributed by atoms with E-state index >= 15 is 0 Å². The second-order valence-electron chi connectivity index (χ2n) is 4.13. The lowest BCUT2D eigenvalue weighted by atomic mass is 10.2. The summed E-state index contributed by atoms with van der Waals surface area (Å²) in [6, 6.07) is 1.99. The molecule has 1 atom stereocenters. The largest absolute Gasteiger partial charge is 0.383 e. The van der Waals surface area contributed by atoms with E-state index in [-0.39, 0.29) is 12.6 Å². The molecular formula is C10H20N4O3S. The highest BCUT2D eigenvalue weighted by atomic mass is 32.2. The SMILES string of the molecule is COCCNS(=O)(=O)N1CCN(C(C)C#N)CC1. The number of nitriles is 1. The normalized spacial score (nSPS) is 20.5. The molecular weight excluding hydrogens is 256 g/mol. The van der Waals surface area contributed by atoms with Crippen molar-refractivity contribution in [3.05, 3.63) is 0 Å². The Morgan fingerprint density at radius 2 is 2.00 bits per heavy atom. The topological polar surface area (TPSA) is 85.7 Å². The third kappa shape index (κ3) is 4.19. The van der Waals surface area contributed by atoms with Gasteiger partial charge in [0.15, 0.2) is 0 Å². The van der Waals surface area contributed by atoms with E-state index in [1.165, 1.54) is 11.4 Å². The number of methoxy groups -OCH3 is 1. The van der Waals surface area contributed by atoms with Crippen molar-refractivity contribution >= 4 is 10.2 Å². The minimum atomic E-state index is -3.42. The fourth-order valence-corrected chi connectivity index (χ4v) is 2.94. The molecule has 1 heterocycles. The Morgan fingerprint density at radius 3 is 2.50 bits per heavy atom. The number of rotatable bonds is 6. The monoisotopic (exact) mass is 276 g/mol. The molecule has 7 nitrogen and oxygen atoms in total. The van der Waals surface area contributed by atoms with Crippen LogP contribution in [0.25, 0.3) is 0 Å². The molecule has 0 aromatic heterocycles. The highest BCUT2D eigenvalue weighted by molar-refractivity contribution is 7.87. The van der Waals surface area contributed by atoms with Crippen molar-refractivity contribution in [3.8, 4) is 6.07 Å². The molecule has 0 saturated carbocycles. The highest BCUT2D eigenvalue weighted by Gasteiger charge is 2.28. The van der Waals surface area contributed by atoms with E-state index in [0.717, 1.165) is 0 Å². The molecule has 1 aliphatic rings. The molecule has 104 valence electrons. The van der Waals surface area contributed by atoms with Gasteiger partial charge in [-0.2, -0.15) is 22.7 Å². The summed E-state index contributed by atoms with van der Waals surface area (Å²) in [5, 5.41) is 8.81. The molecule has 0 bridgehead atoms. The number of nitrogens with one attached hydrogen (secondary N) is 1. The lowest BCUT2D eigenvalue weighted by molar-refractivity contribution is 0.167. The molecule has 0 aromatic rings. The van der Waals surface area contributed by atoms with Crippen LogP contribution in [0.5, 0.6) is 0 Å². The zero-order valence-electron chi connectivity index (χ0n) is 10.8. The van der Waals surface area contributed by atoms with Crippen LogP contribution in [0.4, 0.5) is 0 Å². The molecule has 1 aliphatic heterocycles. The Hall–Kier alpha value is -0.720. The number of nitrogens with zero attached hydrogens (tertiary/aromatic N) is 3. The molecule has 8 heteroatoms. The molecule has 1 fully saturated rings. The smallest absolute Gasteiger partial charge is 0.279 e. The van der Waals surface area contributed by atoms with Crippen LogP contribution in [0.15, 0.2) is 0 Å². The first-order valence-electron chi connectivity index (χ1n) is 5.88. The van der Waals surface area contributed by atoms with Gasteiger partial charge in [-0.05, 0) is 6.92 Å². The van der Waals surface area contributed by atoms with E-state index < -0.39 is 10.2 Å². The molecule has 0 aliphatic carbocycles. The highest BCUT2D eigenvalue weighted by Crippen LogP contribution is 2.08. The van der Waals surface area contributed by atoms with Gasteiger partial charge in [0.1, 0.15) is 0 Å². The average molecular weight is 276 g/mol.